The Bertz CT molecular complexity index is 997. The molecule has 1 aliphatic rings. The van der Waals surface area contributed by atoms with Crippen LogP contribution in [-0.4, -0.2) is 36.2 Å². The van der Waals surface area contributed by atoms with Gasteiger partial charge in [0.1, 0.15) is 23.0 Å². The van der Waals surface area contributed by atoms with Crippen LogP contribution in [0.2, 0.25) is 0 Å². The van der Waals surface area contributed by atoms with E-state index < -0.39 is 41.7 Å². The van der Waals surface area contributed by atoms with E-state index in [4.69, 9.17) is 4.74 Å². The maximum Gasteiger partial charge on any atom is 0.573 e. The maximum atomic E-state index is 14.4. The molecule has 2 aromatic rings. The third kappa shape index (κ3) is 4.97. The molecule has 2 N–H and O–H groups in total. The Labute approximate surface area is 176 Å². The number of alkyl halides is 6. The molecule has 2 heterocycles. The minimum absolute atomic E-state index is 0.0454. The van der Waals surface area contributed by atoms with Crippen molar-refractivity contribution in [1.29, 1.82) is 0 Å². The molecular formula is C19H16F7N3O3. The number of nitrogens with one attached hydrogen (secondary N) is 2. The van der Waals surface area contributed by atoms with Crippen molar-refractivity contribution in [3.63, 3.8) is 0 Å². The molecule has 1 aliphatic heterocycles. The fourth-order valence-corrected chi connectivity index (χ4v) is 3.22. The second-order valence-corrected chi connectivity index (χ2v) is 6.91. The van der Waals surface area contributed by atoms with Gasteiger partial charge in [0.05, 0.1) is 6.61 Å². The molecule has 13 heteroatoms. The fourth-order valence-electron chi connectivity index (χ4n) is 3.22. The van der Waals surface area contributed by atoms with Crippen molar-refractivity contribution < 1.29 is 45.0 Å². The van der Waals surface area contributed by atoms with Gasteiger partial charge >= 0.3 is 18.6 Å². The Morgan fingerprint density at radius 3 is 2.56 bits per heavy atom. The van der Waals surface area contributed by atoms with Crippen molar-refractivity contribution in [2.45, 2.75) is 37.5 Å². The number of ether oxygens (including phenoxy) is 2. The number of fused-ring (bicyclic) bond motifs is 1. The molecule has 0 unspecified atom stereocenters. The zero-order chi connectivity index (χ0) is 23.7. The van der Waals surface area contributed by atoms with E-state index >= 15 is 0 Å². The predicted molar refractivity (Wildman–Crippen MR) is 95.4 cm³/mol. The van der Waals surface area contributed by atoms with Crippen LogP contribution in [0.3, 0.4) is 0 Å². The monoisotopic (exact) mass is 467 g/mol. The second-order valence-electron chi connectivity index (χ2n) is 6.91. The van der Waals surface area contributed by atoms with Gasteiger partial charge in [-0.1, -0.05) is 6.07 Å². The first-order chi connectivity index (χ1) is 14.8. The molecule has 6 nitrogen and oxygen atoms in total. The third-order valence-corrected chi connectivity index (χ3v) is 4.73. The van der Waals surface area contributed by atoms with E-state index in [0.29, 0.717) is 12.1 Å². The average molecular weight is 467 g/mol. The van der Waals surface area contributed by atoms with Crippen molar-refractivity contribution in [3.8, 4) is 11.5 Å². The molecular weight excluding hydrogens is 451 g/mol. The Balaban J connectivity index is 2.04. The highest BCUT2D eigenvalue weighted by atomic mass is 19.4. The summed E-state index contributed by atoms with van der Waals surface area (Å²) in [4.78, 5) is 16.6. The number of benzene rings is 1. The van der Waals surface area contributed by atoms with Crippen LogP contribution in [0.4, 0.5) is 35.5 Å². The SMILES string of the molecule is C[C@H](NC(=O)N[C@]1(c2ccc(OC(F)(F)F)c(F)c2)CCOc2cccnc21)C(F)(F)F. The second kappa shape index (κ2) is 8.36. The zero-order valence-electron chi connectivity index (χ0n) is 16.3. The van der Waals surface area contributed by atoms with Crippen LogP contribution in [0, 0.1) is 5.82 Å². The van der Waals surface area contributed by atoms with Crippen LogP contribution in [0.25, 0.3) is 0 Å². The Kier molecular flexibility index (Phi) is 6.11. The summed E-state index contributed by atoms with van der Waals surface area (Å²) in [6.45, 7) is 0.682. The number of halogens is 7. The number of aromatic nitrogens is 1. The Morgan fingerprint density at radius 1 is 1.22 bits per heavy atom. The predicted octanol–water partition coefficient (Wildman–Crippen LogP) is 4.40. The summed E-state index contributed by atoms with van der Waals surface area (Å²) in [5, 5.41) is 4.12. The van der Waals surface area contributed by atoms with Gasteiger partial charge in [-0.05, 0) is 36.8 Å². The van der Waals surface area contributed by atoms with E-state index in [2.05, 4.69) is 15.0 Å². The smallest absolute Gasteiger partial charge is 0.491 e. The van der Waals surface area contributed by atoms with Gasteiger partial charge in [0, 0.05) is 12.6 Å². The molecule has 174 valence electrons. The van der Waals surface area contributed by atoms with Gasteiger partial charge in [0.2, 0.25) is 0 Å². The quantitative estimate of drug-likeness (QED) is 0.655. The lowest BCUT2D eigenvalue weighted by Gasteiger charge is -2.39. The number of carbonyl (C=O) groups is 1. The number of nitrogens with zero attached hydrogens (tertiary/aromatic N) is 1. The normalized spacial score (nSPS) is 19.4. The lowest BCUT2D eigenvalue weighted by atomic mass is 9.81. The average Bonchev–Trinajstić information content (AvgIpc) is 2.68. The van der Waals surface area contributed by atoms with Crippen LogP contribution in [0.5, 0.6) is 11.5 Å². The number of hydrogen-bond acceptors (Lipinski definition) is 4. The number of carbonyl (C=O) groups excluding carboxylic acids is 1. The van der Waals surface area contributed by atoms with E-state index in [1.165, 1.54) is 18.3 Å². The van der Waals surface area contributed by atoms with Crippen LogP contribution >= 0.6 is 0 Å². The van der Waals surface area contributed by atoms with E-state index in [0.717, 1.165) is 13.0 Å². The molecule has 0 aliphatic carbocycles. The summed E-state index contributed by atoms with van der Waals surface area (Å²) in [5.74, 6) is -2.34. The van der Waals surface area contributed by atoms with Crippen molar-refractivity contribution in [3.05, 3.63) is 53.6 Å². The molecule has 1 aromatic heterocycles. The van der Waals surface area contributed by atoms with Gasteiger partial charge in [-0.3, -0.25) is 4.98 Å². The maximum absolute atomic E-state index is 14.4. The highest BCUT2D eigenvalue weighted by Crippen LogP contribution is 2.41. The number of amides is 2. The van der Waals surface area contributed by atoms with Gasteiger partial charge in [-0.15, -0.1) is 13.2 Å². The molecule has 0 spiro atoms. The number of pyridine rings is 1. The first-order valence-corrected chi connectivity index (χ1v) is 9.11. The largest absolute Gasteiger partial charge is 0.573 e. The van der Waals surface area contributed by atoms with Gasteiger partial charge in [0.25, 0.3) is 0 Å². The topological polar surface area (TPSA) is 72.5 Å². The highest BCUT2D eigenvalue weighted by molar-refractivity contribution is 5.76. The molecule has 0 fully saturated rings. The Hall–Kier alpha value is -3.25. The van der Waals surface area contributed by atoms with Crippen molar-refractivity contribution in [2.75, 3.05) is 6.61 Å². The van der Waals surface area contributed by atoms with Gasteiger partial charge < -0.3 is 20.1 Å². The summed E-state index contributed by atoms with van der Waals surface area (Å²) >= 11 is 0. The number of urea groups is 1. The molecule has 0 saturated heterocycles. The molecule has 2 amide bonds. The summed E-state index contributed by atoms with van der Waals surface area (Å²) in [7, 11) is 0. The Morgan fingerprint density at radius 2 is 1.94 bits per heavy atom. The summed E-state index contributed by atoms with van der Waals surface area (Å²) in [5.41, 5.74) is -1.71. The summed E-state index contributed by atoms with van der Waals surface area (Å²) < 4.78 is 99.4. The molecule has 1 aromatic carbocycles. The van der Waals surface area contributed by atoms with E-state index in [1.54, 1.807) is 5.32 Å². The minimum atomic E-state index is -5.14. The van der Waals surface area contributed by atoms with Crippen LogP contribution < -0.4 is 20.1 Å². The first kappa shape index (κ1) is 23.4. The highest BCUT2D eigenvalue weighted by Gasteiger charge is 2.45. The van der Waals surface area contributed by atoms with Crippen molar-refractivity contribution in [1.82, 2.24) is 15.6 Å². The lowest BCUT2D eigenvalue weighted by molar-refractivity contribution is -0.275. The molecule has 3 rings (SSSR count). The van der Waals surface area contributed by atoms with E-state index in [1.807, 2.05) is 0 Å². The van der Waals surface area contributed by atoms with Crippen molar-refractivity contribution in [2.24, 2.45) is 0 Å². The fraction of sp³-hybridized carbons (Fsp3) is 0.368. The minimum Gasteiger partial charge on any atom is -0.491 e. The molecule has 32 heavy (non-hydrogen) atoms. The summed E-state index contributed by atoms with van der Waals surface area (Å²) in [6, 6.07) is 1.98. The zero-order valence-corrected chi connectivity index (χ0v) is 16.3. The standard InChI is InChI=1S/C19H16F7N3O3/c1-10(18(21,22)23)28-16(30)29-17(6-8-31-14-3-2-7-27-15(14)17)11-4-5-13(12(20)9-11)32-19(24,25)26/h2-5,7,9-10H,6,8H2,1H3,(H2,28,29,30)/t10-,17-/m0/s1. The van der Waals surface area contributed by atoms with Crippen LogP contribution in [0.1, 0.15) is 24.6 Å². The van der Waals surface area contributed by atoms with Crippen LogP contribution in [-0.2, 0) is 5.54 Å². The van der Waals surface area contributed by atoms with E-state index in [9.17, 15) is 35.5 Å². The van der Waals surface area contributed by atoms with Gasteiger partial charge in [-0.25, -0.2) is 9.18 Å². The van der Waals surface area contributed by atoms with Gasteiger partial charge in [0.15, 0.2) is 11.6 Å². The van der Waals surface area contributed by atoms with E-state index in [-0.39, 0.29) is 30.0 Å². The van der Waals surface area contributed by atoms with Crippen LogP contribution in [0.15, 0.2) is 36.5 Å². The molecule has 0 saturated carbocycles. The molecule has 0 radical (unpaired) electrons. The molecule has 2 atom stereocenters. The first-order valence-electron chi connectivity index (χ1n) is 9.11. The summed E-state index contributed by atoms with van der Waals surface area (Å²) in [6.07, 6.45) is -8.64. The lowest BCUT2D eigenvalue weighted by Crippen LogP contribution is -2.56. The number of rotatable bonds is 4. The van der Waals surface area contributed by atoms with Gasteiger partial charge in [-0.2, -0.15) is 13.2 Å². The molecule has 0 bridgehead atoms. The number of hydrogen-bond donors (Lipinski definition) is 2. The van der Waals surface area contributed by atoms with Crippen molar-refractivity contribution >= 4 is 6.03 Å². The third-order valence-electron chi connectivity index (χ3n) is 4.73.